The summed E-state index contributed by atoms with van der Waals surface area (Å²) in [6.45, 7) is 5.42. The third-order valence-electron chi connectivity index (χ3n) is 5.72. The first-order chi connectivity index (χ1) is 16.3. The number of amides is 2. The summed E-state index contributed by atoms with van der Waals surface area (Å²) in [5.41, 5.74) is 1.01. The molecule has 3 aromatic rings. The molecule has 4 rings (SSSR count). The van der Waals surface area contributed by atoms with E-state index in [0.29, 0.717) is 43.7 Å². The third-order valence-corrected chi connectivity index (χ3v) is 7.33. The normalized spacial score (nSPS) is 15.3. The minimum absolute atomic E-state index is 0.0494. The molecule has 1 aliphatic heterocycles. The number of carbonyl (C=O) groups is 2. The van der Waals surface area contributed by atoms with E-state index in [0.717, 1.165) is 0 Å². The average molecular weight is 486 g/mol. The molecule has 2 amide bonds. The van der Waals surface area contributed by atoms with Crippen LogP contribution in [0.3, 0.4) is 0 Å². The van der Waals surface area contributed by atoms with Gasteiger partial charge in [-0.1, -0.05) is 19.1 Å². The molecular formula is C24H27N3O6S. The number of sulfonamides is 1. The van der Waals surface area contributed by atoms with E-state index >= 15 is 0 Å². The Balaban J connectivity index is 1.60. The smallest absolute Gasteiger partial charge is 0.291 e. The van der Waals surface area contributed by atoms with Gasteiger partial charge in [0.2, 0.25) is 15.8 Å². The predicted molar refractivity (Wildman–Crippen MR) is 127 cm³/mol. The lowest BCUT2D eigenvalue weighted by Gasteiger charge is -2.26. The van der Waals surface area contributed by atoms with Gasteiger partial charge < -0.3 is 19.4 Å². The van der Waals surface area contributed by atoms with Crippen molar-refractivity contribution in [1.29, 1.82) is 0 Å². The van der Waals surface area contributed by atoms with Crippen molar-refractivity contribution >= 4 is 38.5 Å². The molecule has 2 aromatic carbocycles. The number of furan rings is 1. The first kappa shape index (κ1) is 23.9. The molecule has 0 saturated carbocycles. The molecule has 2 heterocycles. The number of hydrogen-bond donors (Lipinski definition) is 2. The zero-order valence-electron chi connectivity index (χ0n) is 19.0. The number of carbonyl (C=O) groups excluding carboxylic acids is 2. The maximum Gasteiger partial charge on any atom is 0.291 e. The monoisotopic (exact) mass is 485 g/mol. The van der Waals surface area contributed by atoms with Gasteiger partial charge in [0.15, 0.2) is 0 Å². The number of ether oxygens (including phenoxy) is 1. The van der Waals surface area contributed by atoms with Crippen LogP contribution in [-0.4, -0.2) is 57.5 Å². The number of fused-ring (bicyclic) bond motifs is 1. The van der Waals surface area contributed by atoms with Crippen molar-refractivity contribution in [3.05, 3.63) is 59.9 Å². The van der Waals surface area contributed by atoms with Crippen molar-refractivity contribution < 1.29 is 27.2 Å². The molecule has 1 saturated heterocycles. The molecule has 9 nitrogen and oxygen atoms in total. The van der Waals surface area contributed by atoms with Gasteiger partial charge in [-0.15, -0.1) is 0 Å². The summed E-state index contributed by atoms with van der Waals surface area (Å²) in [4.78, 5) is 27.9. The molecule has 1 atom stereocenters. The van der Waals surface area contributed by atoms with Gasteiger partial charge in [-0.25, -0.2) is 13.1 Å². The van der Waals surface area contributed by atoms with E-state index in [9.17, 15) is 18.0 Å². The Labute approximate surface area is 198 Å². The molecule has 2 N–H and O–H groups in total. The summed E-state index contributed by atoms with van der Waals surface area (Å²) in [5.74, 6) is -0.762. The molecule has 1 aromatic heterocycles. The first-order valence-electron chi connectivity index (χ1n) is 11.1. The van der Waals surface area contributed by atoms with E-state index < -0.39 is 15.9 Å². The number of anilines is 1. The summed E-state index contributed by atoms with van der Waals surface area (Å²) in [6, 6.07) is 12.5. The van der Waals surface area contributed by atoms with E-state index in [2.05, 4.69) is 10.0 Å². The Bertz CT molecular complexity index is 1290. The minimum atomic E-state index is -3.68. The van der Waals surface area contributed by atoms with Crippen LogP contribution in [0.25, 0.3) is 11.0 Å². The highest BCUT2D eigenvalue weighted by Crippen LogP contribution is 2.32. The number of para-hydroxylation sites is 1. The topological polar surface area (TPSA) is 118 Å². The molecule has 10 heteroatoms. The number of nitrogens with one attached hydrogen (secondary N) is 2. The number of nitrogens with zero attached hydrogens (tertiary/aromatic N) is 1. The van der Waals surface area contributed by atoms with E-state index in [1.807, 2.05) is 6.92 Å². The van der Waals surface area contributed by atoms with Crippen LogP contribution in [0.2, 0.25) is 0 Å². The van der Waals surface area contributed by atoms with Gasteiger partial charge in [0, 0.05) is 30.1 Å². The van der Waals surface area contributed by atoms with Crippen molar-refractivity contribution in [3.8, 4) is 0 Å². The number of rotatable bonds is 7. The second kappa shape index (κ2) is 9.96. The highest BCUT2D eigenvalue weighted by atomic mass is 32.2. The van der Waals surface area contributed by atoms with Gasteiger partial charge in [0.05, 0.1) is 18.1 Å². The van der Waals surface area contributed by atoms with Crippen LogP contribution in [-0.2, 0) is 14.8 Å². The Morgan fingerprint density at radius 1 is 1.06 bits per heavy atom. The van der Waals surface area contributed by atoms with Crippen molar-refractivity contribution in [2.75, 3.05) is 31.6 Å². The Kier molecular flexibility index (Phi) is 7.01. The van der Waals surface area contributed by atoms with Crippen LogP contribution < -0.4 is 10.0 Å². The third kappa shape index (κ3) is 4.98. The van der Waals surface area contributed by atoms with Gasteiger partial charge in [-0.3, -0.25) is 9.59 Å². The summed E-state index contributed by atoms with van der Waals surface area (Å²) < 4.78 is 38.7. The Morgan fingerprint density at radius 3 is 2.41 bits per heavy atom. The molecule has 0 radical (unpaired) electrons. The second-order valence-corrected chi connectivity index (χ2v) is 9.83. The number of morpholine rings is 1. The Hall–Kier alpha value is -3.21. The van der Waals surface area contributed by atoms with Crippen LogP contribution >= 0.6 is 0 Å². The summed E-state index contributed by atoms with van der Waals surface area (Å²) in [6.07, 6.45) is 0.657. The van der Waals surface area contributed by atoms with Crippen molar-refractivity contribution in [2.24, 2.45) is 0 Å². The molecule has 34 heavy (non-hydrogen) atoms. The van der Waals surface area contributed by atoms with Gasteiger partial charge in [-0.2, -0.15) is 0 Å². The predicted octanol–water partition coefficient (Wildman–Crippen LogP) is 3.23. The Morgan fingerprint density at radius 2 is 1.74 bits per heavy atom. The first-order valence-corrected chi connectivity index (χ1v) is 12.6. The van der Waals surface area contributed by atoms with E-state index in [4.69, 9.17) is 9.15 Å². The minimum Gasteiger partial charge on any atom is -0.449 e. The average Bonchev–Trinajstić information content (AvgIpc) is 3.22. The molecule has 1 aliphatic rings. The summed E-state index contributed by atoms with van der Waals surface area (Å²) in [7, 11) is -3.68. The van der Waals surface area contributed by atoms with Gasteiger partial charge in [-0.05, 0) is 49.7 Å². The number of benzene rings is 2. The highest BCUT2D eigenvalue weighted by molar-refractivity contribution is 7.89. The van der Waals surface area contributed by atoms with Gasteiger partial charge >= 0.3 is 0 Å². The van der Waals surface area contributed by atoms with E-state index in [-0.39, 0.29) is 33.9 Å². The lowest BCUT2D eigenvalue weighted by Crippen LogP contribution is -2.40. The van der Waals surface area contributed by atoms with Crippen molar-refractivity contribution in [2.45, 2.75) is 31.2 Å². The van der Waals surface area contributed by atoms with Gasteiger partial charge in [0.25, 0.3) is 11.8 Å². The fraction of sp³-hybridized carbons (Fsp3) is 0.333. The van der Waals surface area contributed by atoms with E-state index in [1.165, 1.54) is 24.3 Å². The van der Waals surface area contributed by atoms with Crippen LogP contribution in [0.4, 0.5) is 5.69 Å². The molecular weight excluding hydrogens is 458 g/mol. The maximum absolute atomic E-state index is 13.1. The molecule has 0 bridgehead atoms. The number of hydrogen-bond acceptors (Lipinski definition) is 6. The summed E-state index contributed by atoms with van der Waals surface area (Å²) >= 11 is 0. The lowest BCUT2D eigenvalue weighted by atomic mass is 10.1. The van der Waals surface area contributed by atoms with Crippen molar-refractivity contribution in [3.63, 3.8) is 0 Å². The quantitative estimate of drug-likeness (QED) is 0.531. The fourth-order valence-corrected chi connectivity index (χ4v) is 4.94. The SMILES string of the molecule is CCC(C)NS(=O)(=O)c1ccc(C(=O)Nc2c(C(=O)N3CCOCC3)oc3ccccc23)cc1. The standard InChI is InChI=1S/C24H27N3O6S/c1-3-16(2)26-34(30,31)18-10-8-17(9-11-18)23(28)25-21-19-6-4-5-7-20(19)33-22(21)24(29)27-12-14-32-15-13-27/h4-11,16,26H,3,12-15H2,1-2H3,(H,25,28). The molecule has 1 fully saturated rings. The van der Waals surface area contributed by atoms with Gasteiger partial charge in [0.1, 0.15) is 11.3 Å². The zero-order valence-corrected chi connectivity index (χ0v) is 19.9. The lowest BCUT2D eigenvalue weighted by molar-refractivity contribution is 0.0285. The molecule has 1 unspecified atom stereocenters. The molecule has 0 aliphatic carbocycles. The molecule has 0 spiro atoms. The van der Waals surface area contributed by atoms with Crippen LogP contribution in [0, 0.1) is 0 Å². The van der Waals surface area contributed by atoms with Crippen molar-refractivity contribution in [1.82, 2.24) is 9.62 Å². The zero-order chi connectivity index (χ0) is 24.3. The van der Waals surface area contributed by atoms with Crippen LogP contribution in [0.15, 0.2) is 57.8 Å². The second-order valence-electron chi connectivity index (χ2n) is 8.12. The van der Waals surface area contributed by atoms with E-state index in [1.54, 1.807) is 36.1 Å². The largest absolute Gasteiger partial charge is 0.449 e. The molecule has 180 valence electrons. The highest BCUT2D eigenvalue weighted by Gasteiger charge is 2.28. The van der Waals surface area contributed by atoms with Crippen LogP contribution in [0.5, 0.6) is 0 Å². The summed E-state index contributed by atoms with van der Waals surface area (Å²) in [5, 5.41) is 3.39. The van der Waals surface area contributed by atoms with Crippen LogP contribution in [0.1, 0.15) is 41.2 Å². The maximum atomic E-state index is 13.1. The fourth-order valence-electron chi connectivity index (χ4n) is 3.62.